The van der Waals surface area contributed by atoms with E-state index in [0.29, 0.717) is 6.54 Å². The van der Waals surface area contributed by atoms with Gasteiger partial charge in [-0.2, -0.15) is 0 Å². The van der Waals surface area contributed by atoms with Crippen LogP contribution in [0.1, 0.15) is 41.6 Å². The molecule has 22 heavy (non-hydrogen) atoms. The maximum Gasteiger partial charge on any atom is 0.264 e. The lowest BCUT2D eigenvalue weighted by molar-refractivity contribution is -0.124. The molecular weight excluding hydrogens is 304 g/mol. The van der Waals surface area contributed by atoms with E-state index in [0.717, 1.165) is 37.5 Å². The molecule has 1 aliphatic carbocycles. The molecule has 0 saturated heterocycles. The van der Waals surface area contributed by atoms with E-state index >= 15 is 0 Å². The normalized spacial score (nSPS) is 15.5. The summed E-state index contributed by atoms with van der Waals surface area (Å²) >= 11 is 0. The highest BCUT2D eigenvalue weighted by atomic mass is 32.2. The quantitative estimate of drug-likeness (QED) is 0.851. The zero-order chi connectivity index (χ0) is 16.2. The first-order chi connectivity index (χ1) is 10.3. The molecule has 1 aromatic rings. The number of sulfonamides is 1. The van der Waals surface area contributed by atoms with Crippen molar-refractivity contribution in [3.05, 3.63) is 35.4 Å². The van der Waals surface area contributed by atoms with Crippen molar-refractivity contribution in [1.82, 2.24) is 10.0 Å². The van der Waals surface area contributed by atoms with Gasteiger partial charge in [0.25, 0.3) is 5.91 Å². The second-order valence-electron chi connectivity index (χ2n) is 5.60. The molecular formula is C15H20N2O4S. The van der Waals surface area contributed by atoms with Crippen molar-refractivity contribution in [2.75, 3.05) is 6.26 Å². The third-order valence-electron chi connectivity index (χ3n) is 3.69. The second-order valence-corrected chi connectivity index (χ2v) is 7.35. The predicted molar refractivity (Wildman–Crippen MR) is 82.6 cm³/mol. The number of rotatable bonds is 5. The average Bonchev–Trinajstić information content (AvgIpc) is 2.97. The maximum atomic E-state index is 11.9. The Bertz CT molecular complexity index is 647. The van der Waals surface area contributed by atoms with Crippen molar-refractivity contribution in [3.8, 4) is 0 Å². The minimum Gasteiger partial charge on any atom is -0.352 e. The Labute approximate surface area is 130 Å². The molecule has 0 heterocycles. The van der Waals surface area contributed by atoms with Gasteiger partial charge in [0.2, 0.25) is 15.9 Å². The Morgan fingerprint density at radius 3 is 2.27 bits per heavy atom. The molecule has 0 aliphatic heterocycles. The average molecular weight is 324 g/mol. The smallest absolute Gasteiger partial charge is 0.264 e. The zero-order valence-electron chi connectivity index (χ0n) is 12.5. The van der Waals surface area contributed by atoms with E-state index in [1.54, 1.807) is 12.1 Å². The summed E-state index contributed by atoms with van der Waals surface area (Å²) in [6.07, 6.45) is 5.06. The fourth-order valence-electron chi connectivity index (χ4n) is 2.52. The van der Waals surface area contributed by atoms with Crippen LogP contribution in [0.4, 0.5) is 0 Å². The van der Waals surface area contributed by atoms with Crippen LogP contribution in [0, 0.1) is 5.92 Å². The van der Waals surface area contributed by atoms with Gasteiger partial charge < -0.3 is 5.32 Å². The van der Waals surface area contributed by atoms with Gasteiger partial charge in [-0.05, 0) is 30.5 Å². The zero-order valence-corrected chi connectivity index (χ0v) is 13.3. The molecule has 1 aliphatic rings. The van der Waals surface area contributed by atoms with Gasteiger partial charge >= 0.3 is 0 Å². The van der Waals surface area contributed by atoms with Gasteiger partial charge in [-0.25, -0.2) is 13.1 Å². The lowest BCUT2D eigenvalue weighted by atomic mass is 10.1. The van der Waals surface area contributed by atoms with Crippen molar-refractivity contribution in [3.63, 3.8) is 0 Å². The molecule has 0 unspecified atom stereocenters. The highest BCUT2D eigenvalue weighted by Crippen LogP contribution is 2.24. The van der Waals surface area contributed by atoms with Crippen LogP contribution < -0.4 is 10.0 Å². The first kappa shape index (κ1) is 16.5. The largest absolute Gasteiger partial charge is 0.352 e. The van der Waals surface area contributed by atoms with E-state index in [2.05, 4.69) is 5.32 Å². The van der Waals surface area contributed by atoms with Crippen LogP contribution in [0.3, 0.4) is 0 Å². The highest BCUT2D eigenvalue weighted by Gasteiger charge is 2.22. The summed E-state index contributed by atoms with van der Waals surface area (Å²) in [5.41, 5.74) is 1.12. The number of hydrogen-bond donors (Lipinski definition) is 2. The molecule has 1 saturated carbocycles. The Morgan fingerprint density at radius 2 is 1.73 bits per heavy atom. The summed E-state index contributed by atoms with van der Waals surface area (Å²) in [6.45, 7) is 0.406. The van der Waals surface area contributed by atoms with Crippen molar-refractivity contribution in [2.45, 2.75) is 32.2 Å². The number of hydrogen-bond acceptors (Lipinski definition) is 4. The monoisotopic (exact) mass is 324 g/mol. The summed E-state index contributed by atoms with van der Waals surface area (Å²) in [4.78, 5) is 23.6. The third-order valence-corrected chi connectivity index (χ3v) is 4.24. The number of carbonyl (C=O) groups excluding carboxylic acids is 2. The molecule has 2 amide bonds. The van der Waals surface area contributed by atoms with E-state index in [4.69, 9.17) is 0 Å². The van der Waals surface area contributed by atoms with E-state index in [-0.39, 0.29) is 17.4 Å². The van der Waals surface area contributed by atoms with Gasteiger partial charge in [0.05, 0.1) is 6.26 Å². The van der Waals surface area contributed by atoms with Crippen LogP contribution in [0.25, 0.3) is 0 Å². The molecule has 0 spiro atoms. The first-order valence-corrected chi connectivity index (χ1v) is 9.13. The number of carbonyl (C=O) groups is 2. The van der Waals surface area contributed by atoms with Crippen LogP contribution in [0.5, 0.6) is 0 Å². The molecule has 0 atom stereocenters. The Balaban J connectivity index is 1.89. The second kappa shape index (κ2) is 6.91. The summed E-state index contributed by atoms with van der Waals surface area (Å²) < 4.78 is 23.9. The lowest BCUT2D eigenvalue weighted by Crippen LogP contribution is -2.29. The SMILES string of the molecule is CS(=O)(=O)NC(=O)c1ccc(CNC(=O)C2CCCC2)cc1. The van der Waals surface area contributed by atoms with E-state index in [1.807, 2.05) is 4.72 Å². The van der Waals surface area contributed by atoms with E-state index in [1.165, 1.54) is 12.1 Å². The molecule has 120 valence electrons. The summed E-state index contributed by atoms with van der Waals surface area (Å²) in [5, 5.41) is 2.89. The molecule has 1 aromatic carbocycles. The van der Waals surface area contributed by atoms with Crippen LogP contribution in [-0.2, 0) is 21.4 Å². The number of benzene rings is 1. The Kier molecular flexibility index (Phi) is 5.18. The highest BCUT2D eigenvalue weighted by molar-refractivity contribution is 7.89. The molecule has 0 aromatic heterocycles. The minimum atomic E-state index is -3.57. The maximum absolute atomic E-state index is 11.9. The van der Waals surface area contributed by atoms with Crippen molar-refractivity contribution in [2.24, 2.45) is 5.92 Å². The van der Waals surface area contributed by atoms with Gasteiger partial charge in [0.1, 0.15) is 0 Å². The van der Waals surface area contributed by atoms with Crippen molar-refractivity contribution < 1.29 is 18.0 Å². The first-order valence-electron chi connectivity index (χ1n) is 7.24. The predicted octanol–water partition coefficient (Wildman–Crippen LogP) is 1.18. The van der Waals surface area contributed by atoms with Crippen LogP contribution in [-0.4, -0.2) is 26.5 Å². The van der Waals surface area contributed by atoms with Crippen molar-refractivity contribution >= 4 is 21.8 Å². The van der Waals surface area contributed by atoms with Gasteiger partial charge in [-0.1, -0.05) is 25.0 Å². The summed E-state index contributed by atoms with van der Waals surface area (Å²) in [5.74, 6) is -0.458. The Morgan fingerprint density at radius 1 is 1.14 bits per heavy atom. The van der Waals surface area contributed by atoms with Crippen LogP contribution in [0.15, 0.2) is 24.3 Å². The molecule has 0 radical (unpaired) electrons. The summed E-state index contributed by atoms with van der Waals surface area (Å²) in [6, 6.07) is 6.48. The molecule has 7 heteroatoms. The number of amides is 2. The van der Waals surface area contributed by atoms with Crippen molar-refractivity contribution in [1.29, 1.82) is 0 Å². The molecule has 1 fully saturated rings. The topological polar surface area (TPSA) is 92.3 Å². The number of nitrogens with one attached hydrogen (secondary N) is 2. The van der Waals surface area contributed by atoms with E-state index < -0.39 is 15.9 Å². The molecule has 2 rings (SSSR count). The van der Waals surface area contributed by atoms with Gasteiger partial charge in [0, 0.05) is 18.0 Å². The Hall–Kier alpha value is -1.89. The van der Waals surface area contributed by atoms with Crippen LogP contribution in [0.2, 0.25) is 0 Å². The van der Waals surface area contributed by atoms with Crippen LogP contribution >= 0.6 is 0 Å². The fourth-order valence-corrected chi connectivity index (χ4v) is 2.98. The standard InChI is InChI=1S/C15H20N2O4S/c1-22(20,21)17-15(19)13-8-6-11(7-9-13)10-16-14(18)12-4-2-3-5-12/h6-9,12H,2-5,10H2,1H3,(H,16,18)(H,17,19). The van der Waals surface area contributed by atoms with Gasteiger partial charge in [0.15, 0.2) is 0 Å². The molecule has 0 bridgehead atoms. The molecule has 2 N–H and O–H groups in total. The molecule has 6 nitrogen and oxygen atoms in total. The minimum absolute atomic E-state index is 0.0800. The van der Waals surface area contributed by atoms with E-state index in [9.17, 15) is 18.0 Å². The third kappa shape index (κ3) is 4.84. The van der Waals surface area contributed by atoms with Gasteiger partial charge in [-0.3, -0.25) is 9.59 Å². The van der Waals surface area contributed by atoms with Gasteiger partial charge in [-0.15, -0.1) is 0 Å². The fraction of sp³-hybridized carbons (Fsp3) is 0.467. The lowest BCUT2D eigenvalue weighted by Gasteiger charge is -2.10. The summed E-state index contributed by atoms with van der Waals surface area (Å²) in [7, 11) is -3.57.